The van der Waals surface area contributed by atoms with Gasteiger partial charge in [0, 0.05) is 43.2 Å². The molecule has 0 radical (unpaired) electrons. The van der Waals surface area contributed by atoms with Gasteiger partial charge >= 0.3 is 0 Å². The summed E-state index contributed by atoms with van der Waals surface area (Å²) >= 11 is 0.745. The lowest BCUT2D eigenvalue weighted by atomic mass is 10.1. The quantitative estimate of drug-likeness (QED) is 0.402. The van der Waals surface area contributed by atoms with Gasteiger partial charge in [0.05, 0.1) is 22.3 Å². The van der Waals surface area contributed by atoms with Gasteiger partial charge in [0.15, 0.2) is 15.7 Å². The first-order valence-corrected chi connectivity index (χ1v) is 13.8. The van der Waals surface area contributed by atoms with Crippen molar-refractivity contribution >= 4 is 43.6 Å². The van der Waals surface area contributed by atoms with E-state index in [9.17, 15) is 17.2 Å². The van der Waals surface area contributed by atoms with Crippen molar-refractivity contribution in [1.29, 1.82) is 0 Å². The predicted octanol–water partition coefficient (Wildman–Crippen LogP) is 2.92. The molecule has 1 saturated carbocycles. The van der Waals surface area contributed by atoms with Gasteiger partial charge < -0.3 is 9.80 Å². The first kappa shape index (κ1) is 23.6. The van der Waals surface area contributed by atoms with Crippen LogP contribution in [0.1, 0.15) is 31.2 Å². The van der Waals surface area contributed by atoms with Crippen LogP contribution in [0.3, 0.4) is 0 Å². The van der Waals surface area contributed by atoms with Crippen LogP contribution in [0.25, 0.3) is 27.3 Å². The van der Waals surface area contributed by atoms with E-state index in [1.165, 1.54) is 6.07 Å². The van der Waals surface area contributed by atoms with E-state index >= 15 is 0 Å². The smallest absolute Gasteiger partial charge is 0.291 e. The lowest BCUT2D eigenvalue weighted by Gasteiger charge is -2.35. The van der Waals surface area contributed by atoms with Gasteiger partial charge in [0.25, 0.3) is 6.43 Å². The first-order chi connectivity index (χ1) is 17.1. The number of halogens is 2. The molecule has 1 N–H and O–H groups in total. The average Bonchev–Trinajstić information content (AvgIpc) is 3.23. The minimum Gasteiger partial charge on any atom is -0.367 e. The number of likely N-dealkylation sites (N-methyl/N-ethyl adjacent to an activating group) is 1. The van der Waals surface area contributed by atoms with Crippen molar-refractivity contribution in [3.8, 4) is 10.7 Å². The molecule has 190 valence electrons. The lowest BCUT2D eigenvalue weighted by molar-refractivity contribution is 0.150. The molecule has 2 fully saturated rings. The molecule has 10 nitrogen and oxygen atoms in total. The number of hydrogen-bond donors (Lipinski definition) is 1. The third-order valence-electron chi connectivity index (χ3n) is 6.74. The van der Waals surface area contributed by atoms with Crippen molar-refractivity contribution in [3.63, 3.8) is 0 Å². The van der Waals surface area contributed by atoms with Gasteiger partial charge in [0.1, 0.15) is 5.69 Å². The summed E-state index contributed by atoms with van der Waals surface area (Å²) in [7, 11) is -1.82. The summed E-state index contributed by atoms with van der Waals surface area (Å²) in [4.78, 5) is 9.07. The van der Waals surface area contributed by atoms with Crippen molar-refractivity contribution in [3.05, 3.63) is 29.4 Å². The largest absolute Gasteiger partial charge is 0.367 e. The fourth-order valence-corrected chi connectivity index (χ4v) is 6.64. The summed E-state index contributed by atoms with van der Waals surface area (Å²) in [6.07, 6.45) is 0.381. The van der Waals surface area contributed by atoms with Crippen LogP contribution in [-0.2, 0) is 10.0 Å². The molecule has 1 aromatic carbocycles. The highest BCUT2D eigenvalue weighted by Crippen LogP contribution is 2.40. The average molecular weight is 535 g/mol. The number of alkyl halides is 2. The van der Waals surface area contributed by atoms with E-state index < -0.39 is 27.0 Å². The number of anilines is 1. The number of nitrogens with one attached hydrogen (secondary N) is 1. The summed E-state index contributed by atoms with van der Waals surface area (Å²) in [5.41, 5.74) is 1.68. The van der Waals surface area contributed by atoms with Crippen LogP contribution in [0, 0.1) is 0 Å². The van der Waals surface area contributed by atoms with E-state index in [0.717, 1.165) is 37.3 Å². The Morgan fingerprint density at radius 2 is 1.89 bits per heavy atom. The van der Waals surface area contributed by atoms with Crippen molar-refractivity contribution in [2.45, 2.75) is 36.6 Å². The maximum atomic E-state index is 13.5. The SMILES string of the molecule is CN1CCN(c2cc(S(=O)(=O)NC3(C)CC3)cc3c(-c4nnc(C(F)F)s4)nc4ccnn4c23)CC1. The Morgan fingerprint density at radius 3 is 2.56 bits per heavy atom. The summed E-state index contributed by atoms with van der Waals surface area (Å²) < 4.78 is 58.0. The molecule has 1 saturated heterocycles. The molecule has 0 atom stereocenters. The van der Waals surface area contributed by atoms with Crippen LogP contribution in [0.15, 0.2) is 29.3 Å². The van der Waals surface area contributed by atoms with Crippen LogP contribution in [-0.4, -0.2) is 76.9 Å². The number of hydrogen-bond acceptors (Lipinski definition) is 9. The van der Waals surface area contributed by atoms with E-state index in [4.69, 9.17) is 0 Å². The highest BCUT2D eigenvalue weighted by molar-refractivity contribution is 7.89. The molecule has 0 bridgehead atoms. The molecule has 6 rings (SSSR count). The molecule has 0 amide bonds. The maximum absolute atomic E-state index is 13.5. The molecular weight excluding hydrogens is 510 g/mol. The lowest BCUT2D eigenvalue weighted by Crippen LogP contribution is -2.44. The van der Waals surface area contributed by atoms with E-state index in [1.54, 1.807) is 22.8 Å². The molecule has 1 aliphatic carbocycles. The van der Waals surface area contributed by atoms with Gasteiger partial charge in [0.2, 0.25) is 10.0 Å². The van der Waals surface area contributed by atoms with Gasteiger partial charge in [-0.25, -0.2) is 31.4 Å². The topological polar surface area (TPSA) is 109 Å². The van der Waals surface area contributed by atoms with E-state index in [2.05, 4.69) is 34.8 Å². The van der Waals surface area contributed by atoms with Crippen LogP contribution in [0.4, 0.5) is 14.5 Å². The molecule has 14 heteroatoms. The third-order valence-corrected chi connectivity index (χ3v) is 9.30. The number of benzene rings is 1. The van der Waals surface area contributed by atoms with Crippen LogP contribution < -0.4 is 9.62 Å². The van der Waals surface area contributed by atoms with E-state index in [1.807, 2.05) is 14.0 Å². The molecule has 1 aliphatic heterocycles. The second kappa shape index (κ2) is 8.36. The van der Waals surface area contributed by atoms with Gasteiger partial charge in [-0.2, -0.15) is 5.10 Å². The van der Waals surface area contributed by atoms with Crippen LogP contribution in [0.2, 0.25) is 0 Å². The predicted molar refractivity (Wildman–Crippen MR) is 132 cm³/mol. The van der Waals surface area contributed by atoms with Crippen molar-refractivity contribution in [2.75, 3.05) is 38.1 Å². The molecule has 3 aromatic heterocycles. The van der Waals surface area contributed by atoms with Crippen molar-refractivity contribution in [1.82, 2.24) is 34.4 Å². The Labute approximate surface area is 210 Å². The first-order valence-electron chi connectivity index (χ1n) is 11.5. The fraction of sp³-hybridized carbons (Fsp3) is 0.455. The van der Waals surface area contributed by atoms with Crippen molar-refractivity contribution in [2.24, 2.45) is 0 Å². The standard InChI is InChI=1S/C22H24F2N8O2S2/c1-22(4-5-22)29-36(33,34)13-11-14-17(20-27-28-21(35-20)19(23)24)26-16-3-6-25-32(16)18(14)15(12-13)31-9-7-30(2)8-10-31/h3,6,11-12,19,29H,4-5,7-10H2,1-2H3. The summed E-state index contributed by atoms with van der Waals surface area (Å²) in [6, 6.07) is 4.93. The molecule has 0 spiro atoms. The fourth-order valence-electron chi connectivity index (χ4n) is 4.42. The molecule has 0 unspecified atom stereocenters. The maximum Gasteiger partial charge on any atom is 0.291 e. The molecule has 4 aromatic rings. The number of sulfonamides is 1. The number of piperazine rings is 1. The second-order valence-electron chi connectivity index (χ2n) is 9.60. The van der Waals surface area contributed by atoms with Crippen LogP contribution >= 0.6 is 11.3 Å². The number of fused-ring (bicyclic) bond motifs is 3. The Balaban J connectivity index is 1.63. The number of rotatable bonds is 6. The van der Waals surface area contributed by atoms with Crippen molar-refractivity contribution < 1.29 is 17.2 Å². The second-order valence-corrected chi connectivity index (χ2v) is 12.3. The highest BCUT2D eigenvalue weighted by atomic mass is 32.2. The monoisotopic (exact) mass is 534 g/mol. The highest BCUT2D eigenvalue weighted by Gasteiger charge is 2.41. The Bertz CT molecular complexity index is 1570. The van der Waals surface area contributed by atoms with Gasteiger partial charge in [-0.05, 0) is 38.9 Å². The Morgan fingerprint density at radius 1 is 1.14 bits per heavy atom. The zero-order valence-corrected chi connectivity index (χ0v) is 21.3. The normalized spacial score (nSPS) is 18.5. The van der Waals surface area contributed by atoms with E-state index in [-0.39, 0.29) is 9.90 Å². The van der Waals surface area contributed by atoms with Gasteiger partial charge in [-0.1, -0.05) is 11.3 Å². The minimum atomic E-state index is -3.86. The number of aromatic nitrogens is 5. The summed E-state index contributed by atoms with van der Waals surface area (Å²) in [5, 5.41) is 12.3. The molecule has 4 heterocycles. The van der Waals surface area contributed by atoms with Gasteiger partial charge in [-0.3, -0.25) is 0 Å². The third kappa shape index (κ3) is 4.11. The molecule has 36 heavy (non-hydrogen) atoms. The Hall–Kier alpha value is -2.81. The van der Waals surface area contributed by atoms with Gasteiger partial charge in [-0.15, -0.1) is 10.2 Å². The molecule has 2 aliphatic rings. The Kier molecular flexibility index (Phi) is 5.48. The van der Waals surface area contributed by atoms with E-state index in [0.29, 0.717) is 41.0 Å². The minimum absolute atomic E-state index is 0.0882. The summed E-state index contributed by atoms with van der Waals surface area (Å²) in [6.45, 7) is 4.87. The zero-order chi connectivity index (χ0) is 25.2. The van der Waals surface area contributed by atoms with Crippen LogP contribution in [0.5, 0.6) is 0 Å². The number of nitrogens with zero attached hydrogens (tertiary/aromatic N) is 7. The summed E-state index contributed by atoms with van der Waals surface area (Å²) in [5.74, 6) is 0. The zero-order valence-electron chi connectivity index (χ0n) is 19.6. The molecular formula is C22H24F2N8O2S2.